The topological polar surface area (TPSA) is 35.5 Å². The van der Waals surface area contributed by atoms with Gasteiger partial charge in [0.15, 0.2) is 11.5 Å². The van der Waals surface area contributed by atoms with Crippen LogP contribution in [0.25, 0.3) is 0 Å². The monoisotopic (exact) mass is 208 g/mol. The Labute approximate surface area is 90.0 Å². The molecule has 15 heavy (non-hydrogen) atoms. The second-order valence-corrected chi connectivity index (χ2v) is 3.23. The van der Waals surface area contributed by atoms with Gasteiger partial charge in [-0.3, -0.25) is 4.79 Å². The number of benzene rings is 1. The van der Waals surface area contributed by atoms with Gasteiger partial charge in [0.1, 0.15) is 6.29 Å². The molecule has 0 aliphatic carbocycles. The van der Waals surface area contributed by atoms with E-state index in [1.807, 2.05) is 0 Å². The van der Waals surface area contributed by atoms with E-state index in [2.05, 4.69) is 13.8 Å². The minimum Gasteiger partial charge on any atom is -0.454 e. The standard InChI is InChI=1S/C8H6O3.C4H10/c9-4-6-1-2-7-8(3-6)11-5-10-7;1-3-4-2/h1-4H,5H2;3-4H2,1-2H3. The quantitative estimate of drug-likeness (QED) is 0.701. The first-order valence-electron chi connectivity index (χ1n) is 5.16. The third-order valence-corrected chi connectivity index (χ3v) is 2.03. The van der Waals surface area contributed by atoms with Crippen LogP contribution in [0.1, 0.15) is 37.0 Å². The van der Waals surface area contributed by atoms with Gasteiger partial charge in [-0.05, 0) is 18.2 Å². The Morgan fingerprint density at radius 3 is 2.47 bits per heavy atom. The summed E-state index contributed by atoms with van der Waals surface area (Å²) in [5.74, 6) is 1.35. The van der Waals surface area contributed by atoms with Crippen LogP contribution in [0.5, 0.6) is 11.5 Å². The highest BCUT2D eigenvalue weighted by Gasteiger charge is 2.12. The Bertz CT molecular complexity index is 319. The van der Waals surface area contributed by atoms with E-state index in [1.165, 1.54) is 12.8 Å². The van der Waals surface area contributed by atoms with Crippen molar-refractivity contribution >= 4 is 6.29 Å². The van der Waals surface area contributed by atoms with E-state index >= 15 is 0 Å². The van der Waals surface area contributed by atoms with Crippen molar-refractivity contribution in [2.24, 2.45) is 0 Å². The summed E-state index contributed by atoms with van der Waals surface area (Å²) in [5.41, 5.74) is 0.606. The molecule has 0 atom stereocenters. The number of ether oxygens (including phenoxy) is 2. The van der Waals surface area contributed by atoms with Crippen molar-refractivity contribution < 1.29 is 14.3 Å². The molecule has 3 heteroatoms. The molecule has 0 radical (unpaired) electrons. The van der Waals surface area contributed by atoms with Gasteiger partial charge in [0, 0.05) is 5.56 Å². The molecule has 1 aliphatic rings. The van der Waals surface area contributed by atoms with Crippen LogP contribution in [0.3, 0.4) is 0 Å². The molecule has 2 rings (SSSR count). The number of hydrogen-bond donors (Lipinski definition) is 0. The summed E-state index contributed by atoms with van der Waals surface area (Å²) in [6.45, 7) is 4.61. The van der Waals surface area contributed by atoms with Crippen LogP contribution in [0.4, 0.5) is 0 Å². The molecule has 0 fully saturated rings. The van der Waals surface area contributed by atoms with E-state index in [0.717, 1.165) is 6.29 Å². The van der Waals surface area contributed by atoms with Gasteiger partial charge < -0.3 is 9.47 Å². The highest BCUT2D eigenvalue weighted by Crippen LogP contribution is 2.31. The van der Waals surface area contributed by atoms with E-state index in [9.17, 15) is 4.79 Å². The van der Waals surface area contributed by atoms with Gasteiger partial charge in [-0.1, -0.05) is 26.7 Å². The Kier molecular flexibility index (Phi) is 4.68. The largest absolute Gasteiger partial charge is 0.454 e. The minimum atomic E-state index is 0.248. The molecule has 0 aromatic heterocycles. The number of hydrogen-bond acceptors (Lipinski definition) is 3. The van der Waals surface area contributed by atoms with Crippen molar-refractivity contribution in [1.82, 2.24) is 0 Å². The van der Waals surface area contributed by atoms with Crippen molar-refractivity contribution in [3.63, 3.8) is 0 Å². The third-order valence-electron chi connectivity index (χ3n) is 2.03. The first-order valence-corrected chi connectivity index (χ1v) is 5.16. The van der Waals surface area contributed by atoms with E-state index in [1.54, 1.807) is 18.2 Å². The van der Waals surface area contributed by atoms with Gasteiger partial charge in [-0.15, -0.1) is 0 Å². The molecular formula is C12H16O3. The van der Waals surface area contributed by atoms with E-state index < -0.39 is 0 Å². The fourth-order valence-corrected chi connectivity index (χ4v) is 0.986. The van der Waals surface area contributed by atoms with Crippen LogP contribution < -0.4 is 9.47 Å². The molecule has 0 amide bonds. The molecule has 82 valence electrons. The molecule has 1 aromatic rings. The summed E-state index contributed by atoms with van der Waals surface area (Å²) in [5, 5.41) is 0. The maximum absolute atomic E-state index is 10.3. The molecule has 1 heterocycles. The number of fused-ring (bicyclic) bond motifs is 1. The van der Waals surface area contributed by atoms with Crippen molar-refractivity contribution in [2.45, 2.75) is 26.7 Å². The summed E-state index contributed by atoms with van der Waals surface area (Å²) in [6.07, 6.45) is 3.42. The number of carbonyl (C=O) groups is 1. The first-order chi connectivity index (χ1) is 7.31. The Hall–Kier alpha value is -1.51. The van der Waals surface area contributed by atoms with E-state index in [4.69, 9.17) is 9.47 Å². The zero-order valence-corrected chi connectivity index (χ0v) is 9.16. The lowest BCUT2D eigenvalue weighted by molar-refractivity contribution is 0.112. The first kappa shape index (κ1) is 11.6. The molecule has 3 nitrogen and oxygen atoms in total. The van der Waals surface area contributed by atoms with Crippen LogP contribution in [-0.2, 0) is 0 Å². The lowest BCUT2D eigenvalue weighted by atomic mass is 10.2. The lowest BCUT2D eigenvalue weighted by Crippen LogP contribution is -1.92. The molecule has 0 saturated heterocycles. The molecule has 0 N–H and O–H groups in total. The van der Waals surface area contributed by atoms with Crippen molar-refractivity contribution in [3.05, 3.63) is 23.8 Å². The summed E-state index contributed by atoms with van der Waals surface area (Å²) in [6, 6.07) is 5.09. The van der Waals surface area contributed by atoms with Crippen molar-refractivity contribution in [1.29, 1.82) is 0 Å². The Balaban J connectivity index is 0.000000245. The second kappa shape index (κ2) is 6.06. The summed E-state index contributed by atoms with van der Waals surface area (Å²) < 4.78 is 10.1. The molecule has 1 aromatic carbocycles. The number of carbonyl (C=O) groups excluding carboxylic acids is 1. The fourth-order valence-electron chi connectivity index (χ4n) is 0.986. The molecule has 0 spiro atoms. The molecule has 0 unspecified atom stereocenters. The SMILES string of the molecule is CCCC.O=Cc1ccc2c(c1)OCO2. The fraction of sp³-hybridized carbons (Fsp3) is 0.417. The zero-order valence-electron chi connectivity index (χ0n) is 9.16. The van der Waals surface area contributed by atoms with Crippen LogP contribution in [0.15, 0.2) is 18.2 Å². The smallest absolute Gasteiger partial charge is 0.231 e. The predicted molar refractivity (Wildman–Crippen MR) is 58.5 cm³/mol. The van der Waals surface area contributed by atoms with E-state index in [0.29, 0.717) is 17.1 Å². The number of unbranched alkanes of at least 4 members (excludes halogenated alkanes) is 1. The predicted octanol–water partition coefficient (Wildman–Crippen LogP) is 3.03. The average molecular weight is 208 g/mol. The van der Waals surface area contributed by atoms with E-state index in [-0.39, 0.29) is 6.79 Å². The third kappa shape index (κ3) is 3.27. The summed E-state index contributed by atoms with van der Waals surface area (Å²) in [4.78, 5) is 10.3. The minimum absolute atomic E-state index is 0.248. The molecule has 0 bridgehead atoms. The number of aldehydes is 1. The highest BCUT2D eigenvalue weighted by molar-refractivity contribution is 5.76. The van der Waals surface area contributed by atoms with Crippen molar-refractivity contribution in [2.75, 3.05) is 6.79 Å². The second-order valence-electron chi connectivity index (χ2n) is 3.23. The maximum Gasteiger partial charge on any atom is 0.231 e. The maximum atomic E-state index is 10.3. The average Bonchev–Trinajstić information content (AvgIpc) is 2.76. The van der Waals surface area contributed by atoms with Gasteiger partial charge in [-0.25, -0.2) is 0 Å². The summed E-state index contributed by atoms with van der Waals surface area (Å²) in [7, 11) is 0. The van der Waals surface area contributed by atoms with Gasteiger partial charge in [0.2, 0.25) is 6.79 Å². The lowest BCUT2D eigenvalue weighted by Gasteiger charge is -1.94. The normalized spacial score (nSPS) is 11.6. The van der Waals surface area contributed by atoms with Crippen molar-refractivity contribution in [3.8, 4) is 11.5 Å². The summed E-state index contributed by atoms with van der Waals surface area (Å²) >= 11 is 0. The van der Waals surface area contributed by atoms with Gasteiger partial charge in [0.25, 0.3) is 0 Å². The molecule has 1 aliphatic heterocycles. The van der Waals surface area contributed by atoms with Crippen LogP contribution in [0, 0.1) is 0 Å². The Morgan fingerprint density at radius 2 is 1.87 bits per heavy atom. The van der Waals surface area contributed by atoms with Gasteiger partial charge in [0.05, 0.1) is 0 Å². The number of rotatable bonds is 2. The van der Waals surface area contributed by atoms with Gasteiger partial charge >= 0.3 is 0 Å². The van der Waals surface area contributed by atoms with Crippen LogP contribution >= 0.6 is 0 Å². The molecular weight excluding hydrogens is 192 g/mol. The van der Waals surface area contributed by atoms with Crippen LogP contribution in [-0.4, -0.2) is 13.1 Å². The highest BCUT2D eigenvalue weighted by atomic mass is 16.7. The van der Waals surface area contributed by atoms with Gasteiger partial charge in [-0.2, -0.15) is 0 Å². The zero-order chi connectivity index (χ0) is 11.1. The van der Waals surface area contributed by atoms with Crippen LogP contribution in [0.2, 0.25) is 0 Å². The molecule has 0 saturated carbocycles. The Morgan fingerprint density at radius 1 is 1.20 bits per heavy atom.